The highest BCUT2D eigenvalue weighted by Crippen LogP contribution is 2.35. The highest BCUT2D eigenvalue weighted by molar-refractivity contribution is 7.92. The van der Waals surface area contributed by atoms with Crippen molar-refractivity contribution in [3.8, 4) is 0 Å². The first-order chi connectivity index (χ1) is 14.9. The molecule has 180 valence electrons. The van der Waals surface area contributed by atoms with E-state index in [1.165, 1.54) is 0 Å². The Morgan fingerprint density at radius 2 is 1.58 bits per heavy atom. The molecule has 17 heteroatoms. The number of carbonyl (C=O) groups excluding carboxylic acids is 1. The number of carbonyl (C=O) groups is 1. The Labute approximate surface area is 181 Å². The molecule has 0 unspecified atom stereocenters. The highest BCUT2D eigenvalue weighted by atomic mass is 32.2. The Morgan fingerprint density at radius 1 is 0.970 bits per heavy atom. The quantitative estimate of drug-likeness (QED) is 0.350. The summed E-state index contributed by atoms with van der Waals surface area (Å²) in [5.41, 5.74) is -9.00. The Kier molecular flexibility index (Phi) is 6.80. The van der Waals surface area contributed by atoms with Crippen molar-refractivity contribution in [1.82, 2.24) is 0 Å². The zero-order valence-corrected chi connectivity index (χ0v) is 17.3. The fourth-order valence-electron chi connectivity index (χ4n) is 2.42. The van der Waals surface area contributed by atoms with Gasteiger partial charge in [-0.05, 0) is 30.3 Å². The van der Waals surface area contributed by atoms with E-state index in [-0.39, 0.29) is 18.2 Å². The first-order valence-electron chi connectivity index (χ1n) is 8.16. The van der Waals surface area contributed by atoms with Gasteiger partial charge in [-0.2, -0.15) is 26.3 Å². The third-order valence-corrected chi connectivity index (χ3v) is 7.01. The van der Waals surface area contributed by atoms with Gasteiger partial charge < -0.3 is 5.32 Å². The van der Waals surface area contributed by atoms with E-state index in [0.29, 0.717) is 12.1 Å². The van der Waals surface area contributed by atoms with Crippen LogP contribution in [0.25, 0.3) is 0 Å². The number of hydrogen-bond acceptors (Lipinski definition) is 7. The zero-order chi connectivity index (χ0) is 25.4. The molecule has 0 atom stereocenters. The number of nitro benzene ring substituents is 1. The largest absolute Gasteiger partial charge is 0.501 e. The number of nitrogens with zero attached hydrogens (tertiary/aromatic N) is 1. The normalized spacial score (nSPS) is 12.9. The molecule has 0 saturated heterocycles. The molecule has 0 aliphatic rings. The molecule has 0 saturated carbocycles. The molecule has 2 aromatic rings. The summed E-state index contributed by atoms with van der Waals surface area (Å²) >= 11 is 0. The van der Waals surface area contributed by atoms with Gasteiger partial charge >= 0.3 is 11.7 Å². The number of nitrogens with one attached hydrogen (secondary N) is 1. The van der Waals surface area contributed by atoms with E-state index in [1.54, 1.807) is 0 Å². The summed E-state index contributed by atoms with van der Waals surface area (Å²) in [6, 6.07) is 3.32. The van der Waals surface area contributed by atoms with Crippen molar-refractivity contribution in [3.63, 3.8) is 0 Å². The molecule has 1 N–H and O–H groups in total. The third-order valence-electron chi connectivity index (χ3n) is 3.87. The summed E-state index contributed by atoms with van der Waals surface area (Å²) in [6.45, 7) is 0. The molecule has 0 bridgehead atoms. The lowest BCUT2D eigenvalue weighted by atomic mass is 10.2. The van der Waals surface area contributed by atoms with Crippen LogP contribution in [0.5, 0.6) is 0 Å². The molecule has 0 spiro atoms. The van der Waals surface area contributed by atoms with E-state index >= 15 is 0 Å². The molecule has 33 heavy (non-hydrogen) atoms. The molecule has 0 aromatic heterocycles. The fourth-order valence-corrected chi connectivity index (χ4v) is 4.51. The summed E-state index contributed by atoms with van der Waals surface area (Å²) in [7, 11) is -11.0. The predicted octanol–water partition coefficient (Wildman–Crippen LogP) is 3.32. The third kappa shape index (κ3) is 5.78. The first kappa shape index (κ1) is 26.0. The van der Waals surface area contributed by atoms with Gasteiger partial charge in [0.25, 0.3) is 15.5 Å². The summed E-state index contributed by atoms with van der Waals surface area (Å²) in [5.74, 6) is -2.97. The Balaban J connectivity index is 2.38. The monoisotopic (exact) mass is 520 g/mol. The minimum Gasteiger partial charge on any atom is -0.325 e. The summed E-state index contributed by atoms with van der Waals surface area (Å²) in [6.07, 6.45) is -4.77. The number of amides is 1. The molecule has 0 heterocycles. The first-order valence-corrected chi connectivity index (χ1v) is 11.3. The summed E-state index contributed by atoms with van der Waals surface area (Å²) < 4.78 is 124. The van der Waals surface area contributed by atoms with Gasteiger partial charge in [-0.15, -0.1) is 0 Å². The average molecular weight is 520 g/mol. The Morgan fingerprint density at radius 3 is 2.09 bits per heavy atom. The second-order valence-electron chi connectivity index (χ2n) is 6.22. The van der Waals surface area contributed by atoms with E-state index < -0.39 is 74.7 Å². The molecular weight excluding hydrogens is 510 g/mol. The standard InChI is InChI=1S/C16H10F6N2O7S2/c17-15(18,19)9-2-1-3-10(6-9)23-14(25)8-32(28,29)13-5-4-11(7-12(13)24(26)27)33(30,31)16(20,21)22/h1-7H,8H2,(H,23,25). The lowest BCUT2D eigenvalue weighted by Crippen LogP contribution is -2.25. The number of alkyl halides is 6. The van der Waals surface area contributed by atoms with Crippen LogP contribution >= 0.6 is 0 Å². The van der Waals surface area contributed by atoms with Crippen LogP contribution in [0.15, 0.2) is 52.3 Å². The molecule has 0 aliphatic heterocycles. The van der Waals surface area contributed by atoms with Crippen molar-refractivity contribution in [2.24, 2.45) is 0 Å². The van der Waals surface area contributed by atoms with Gasteiger partial charge in [0, 0.05) is 11.8 Å². The van der Waals surface area contributed by atoms with Crippen LogP contribution in [0.4, 0.5) is 37.7 Å². The van der Waals surface area contributed by atoms with Crippen molar-refractivity contribution in [2.75, 3.05) is 11.1 Å². The summed E-state index contributed by atoms with van der Waals surface area (Å²) in [5, 5.41) is 13.0. The van der Waals surface area contributed by atoms with Crippen molar-refractivity contribution in [1.29, 1.82) is 0 Å². The van der Waals surface area contributed by atoms with Crippen molar-refractivity contribution in [3.05, 3.63) is 58.1 Å². The van der Waals surface area contributed by atoms with Gasteiger partial charge in [0.05, 0.1) is 15.4 Å². The number of nitro groups is 1. The van der Waals surface area contributed by atoms with Crippen LogP contribution in [0.3, 0.4) is 0 Å². The molecule has 0 radical (unpaired) electrons. The smallest absolute Gasteiger partial charge is 0.325 e. The van der Waals surface area contributed by atoms with Gasteiger partial charge in [0.2, 0.25) is 5.91 Å². The van der Waals surface area contributed by atoms with E-state index in [4.69, 9.17) is 0 Å². The molecule has 2 rings (SSSR count). The van der Waals surface area contributed by atoms with Crippen LogP contribution < -0.4 is 5.32 Å². The van der Waals surface area contributed by atoms with E-state index in [9.17, 15) is 58.1 Å². The minimum atomic E-state index is -6.05. The average Bonchev–Trinajstić information content (AvgIpc) is 2.65. The van der Waals surface area contributed by atoms with Crippen LogP contribution in [0, 0.1) is 10.1 Å². The number of halogens is 6. The number of rotatable bonds is 6. The molecular formula is C16H10F6N2O7S2. The van der Waals surface area contributed by atoms with Crippen molar-refractivity contribution in [2.45, 2.75) is 21.5 Å². The van der Waals surface area contributed by atoms with Gasteiger partial charge in [-0.25, -0.2) is 16.8 Å². The molecule has 1 amide bonds. The molecule has 0 aliphatic carbocycles. The van der Waals surface area contributed by atoms with Crippen LogP contribution in [0.2, 0.25) is 0 Å². The number of hydrogen-bond donors (Lipinski definition) is 1. The number of benzene rings is 2. The number of anilines is 1. The fraction of sp³-hybridized carbons (Fsp3) is 0.188. The lowest BCUT2D eigenvalue weighted by molar-refractivity contribution is -0.388. The van der Waals surface area contributed by atoms with Crippen molar-refractivity contribution >= 4 is 37.0 Å². The van der Waals surface area contributed by atoms with Gasteiger partial charge in [-0.1, -0.05) is 6.07 Å². The van der Waals surface area contributed by atoms with Crippen LogP contribution in [-0.4, -0.2) is 38.9 Å². The van der Waals surface area contributed by atoms with Crippen LogP contribution in [0.1, 0.15) is 5.56 Å². The highest BCUT2D eigenvalue weighted by Gasteiger charge is 2.47. The second-order valence-corrected chi connectivity index (χ2v) is 10.1. The summed E-state index contributed by atoms with van der Waals surface area (Å²) in [4.78, 5) is 18.8. The predicted molar refractivity (Wildman–Crippen MR) is 98.5 cm³/mol. The van der Waals surface area contributed by atoms with E-state index in [2.05, 4.69) is 0 Å². The van der Waals surface area contributed by atoms with E-state index in [0.717, 1.165) is 12.1 Å². The Hall–Kier alpha value is -3.21. The molecule has 9 nitrogen and oxygen atoms in total. The maximum absolute atomic E-state index is 12.7. The maximum atomic E-state index is 12.7. The van der Waals surface area contributed by atoms with Gasteiger partial charge in [0.1, 0.15) is 10.6 Å². The van der Waals surface area contributed by atoms with Gasteiger partial charge in [-0.3, -0.25) is 14.9 Å². The molecule has 0 fully saturated rings. The SMILES string of the molecule is O=C(CS(=O)(=O)c1ccc(S(=O)(=O)C(F)(F)F)cc1[N+](=O)[O-])Nc1cccc(C(F)(F)F)c1. The maximum Gasteiger partial charge on any atom is 0.501 e. The topological polar surface area (TPSA) is 141 Å². The van der Waals surface area contributed by atoms with Gasteiger partial charge in [0.15, 0.2) is 9.84 Å². The van der Waals surface area contributed by atoms with Crippen molar-refractivity contribution < 1.29 is 52.9 Å². The lowest BCUT2D eigenvalue weighted by Gasteiger charge is -2.11. The van der Waals surface area contributed by atoms with E-state index in [1.807, 2.05) is 5.32 Å². The zero-order valence-electron chi connectivity index (χ0n) is 15.6. The minimum absolute atomic E-state index is 0.125. The van der Waals surface area contributed by atoms with Crippen LogP contribution in [-0.2, 0) is 30.6 Å². The second kappa shape index (κ2) is 8.62. The number of sulfone groups is 2. The Bertz CT molecular complexity index is 1320. The molecule has 2 aromatic carbocycles.